The van der Waals surface area contributed by atoms with Crippen molar-refractivity contribution in [1.29, 1.82) is 0 Å². The third-order valence-corrected chi connectivity index (χ3v) is 3.52. The molecule has 0 aliphatic carbocycles. The number of para-hydroxylation sites is 2. The maximum atomic E-state index is 5.41. The van der Waals surface area contributed by atoms with E-state index in [1.165, 1.54) is 0 Å². The molecule has 0 aliphatic rings. The molecule has 0 saturated heterocycles. The Morgan fingerprint density at radius 1 is 0.913 bits per heavy atom. The molecule has 0 fully saturated rings. The van der Waals surface area contributed by atoms with Crippen LogP contribution in [0.5, 0.6) is 5.75 Å². The van der Waals surface area contributed by atoms with Crippen molar-refractivity contribution in [2.75, 3.05) is 7.11 Å². The van der Waals surface area contributed by atoms with E-state index in [0.29, 0.717) is 0 Å². The minimum atomic E-state index is 0.744. The Morgan fingerprint density at radius 3 is 2.35 bits per heavy atom. The van der Waals surface area contributed by atoms with E-state index < -0.39 is 0 Å². The number of hydrogen-bond acceptors (Lipinski definition) is 3. The summed E-state index contributed by atoms with van der Waals surface area (Å²) in [6, 6.07) is 21.8. The molecule has 0 aliphatic heterocycles. The maximum absolute atomic E-state index is 5.41. The number of rotatable bonds is 4. The van der Waals surface area contributed by atoms with Crippen LogP contribution in [-0.2, 0) is 0 Å². The van der Waals surface area contributed by atoms with E-state index in [4.69, 9.17) is 9.73 Å². The average Bonchev–Trinajstić information content (AvgIpc) is 2.61. The summed E-state index contributed by atoms with van der Waals surface area (Å²) in [5.41, 5.74) is 4.60. The molecule has 0 spiro atoms. The summed E-state index contributed by atoms with van der Waals surface area (Å²) in [4.78, 5) is 9.36. The molecule has 1 heterocycles. The number of hydrogen-bond donors (Lipinski definition) is 0. The molecule has 3 nitrogen and oxygen atoms in total. The third kappa shape index (κ3) is 3.46. The second-order valence-corrected chi connectivity index (χ2v) is 5.22. The minimum absolute atomic E-state index is 0.744. The maximum Gasteiger partial charge on any atom is 0.144 e. The SMILES string of the molecule is COc1ccccc1N=C(c1ccccc1)c1ccc(C)cn1. The van der Waals surface area contributed by atoms with Crippen molar-refractivity contribution in [2.24, 2.45) is 4.99 Å². The van der Waals surface area contributed by atoms with Crippen LogP contribution in [0.2, 0.25) is 0 Å². The fourth-order valence-electron chi connectivity index (χ4n) is 2.32. The lowest BCUT2D eigenvalue weighted by Crippen LogP contribution is -2.05. The molecular weight excluding hydrogens is 284 g/mol. The predicted octanol–water partition coefficient (Wildman–Crippen LogP) is 4.57. The average molecular weight is 302 g/mol. The molecular formula is C20H18N2O. The molecule has 1 aromatic heterocycles. The van der Waals surface area contributed by atoms with Crippen LogP contribution in [0.4, 0.5) is 5.69 Å². The van der Waals surface area contributed by atoms with Crippen molar-refractivity contribution in [3.05, 3.63) is 89.7 Å². The highest BCUT2D eigenvalue weighted by molar-refractivity contribution is 6.12. The number of ether oxygens (including phenoxy) is 1. The summed E-state index contributed by atoms with van der Waals surface area (Å²) in [5, 5.41) is 0. The molecule has 114 valence electrons. The van der Waals surface area contributed by atoms with Crippen LogP contribution in [0, 0.1) is 6.92 Å². The highest BCUT2D eigenvalue weighted by Gasteiger charge is 2.10. The Labute approximate surface area is 136 Å². The summed E-state index contributed by atoms with van der Waals surface area (Å²) in [5.74, 6) is 0.744. The van der Waals surface area contributed by atoms with Gasteiger partial charge in [-0.05, 0) is 30.7 Å². The van der Waals surface area contributed by atoms with Gasteiger partial charge in [-0.1, -0.05) is 48.5 Å². The molecule has 0 N–H and O–H groups in total. The fourth-order valence-corrected chi connectivity index (χ4v) is 2.32. The van der Waals surface area contributed by atoms with E-state index >= 15 is 0 Å². The highest BCUT2D eigenvalue weighted by atomic mass is 16.5. The molecule has 0 bridgehead atoms. The number of methoxy groups -OCH3 is 1. The van der Waals surface area contributed by atoms with Crippen LogP contribution < -0.4 is 4.74 Å². The number of nitrogens with zero attached hydrogens (tertiary/aromatic N) is 2. The van der Waals surface area contributed by atoms with E-state index in [-0.39, 0.29) is 0 Å². The minimum Gasteiger partial charge on any atom is -0.494 e. The lowest BCUT2D eigenvalue weighted by molar-refractivity contribution is 0.416. The van der Waals surface area contributed by atoms with Gasteiger partial charge in [-0.25, -0.2) is 4.99 Å². The number of aryl methyl sites for hydroxylation is 1. The standard InChI is InChI=1S/C20H18N2O/c1-15-12-13-18(21-14-15)20(16-8-4-3-5-9-16)22-17-10-6-7-11-19(17)23-2/h3-14H,1-2H3. The molecule has 3 heteroatoms. The van der Waals surface area contributed by atoms with Gasteiger partial charge >= 0.3 is 0 Å². The molecule has 0 amide bonds. The number of aliphatic imine (C=N–C) groups is 1. The van der Waals surface area contributed by atoms with E-state index in [1.807, 2.05) is 79.9 Å². The van der Waals surface area contributed by atoms with E-state index in [1.54, 1.807) is 7.11 Å². The van der Waals surface area contributed by atoms with Crippen LogP contribution in [0.3, 0.4) is 0 Å². The van der Waals surface area contributed by atoms with Gasteiger partial charge in [0.2, 0.25) is 0 Å². The van der Waals surface area contributed by atoms with E-state index in [0.717, 1.165) is 34.0 Å². The van der Waals surface area contributed by atoms with E-state index in [9.17, 15) is 0 Å². The van der Waals surface area contributed by atoms with Gasteiger partial charge in [0.05, 0.1) is 18.5 Å². The third-order valence-electron chi connectivity index (χ3n) is 3.52. The van der Waals surface area contributed by atoms with Gasteiger partial charge in [0.15, 0.2) is 0 Å². The topological polar surface area (TPSA) is 34.5 Å². The highest BCUT2D eigenvalue weighted by Crippen LogP contribution is 2.28. The molecule has 3 rings (SSSR count). The summed E-state index contributed by atoms with van der Waals surface area (Å²) in [6.45, 7) is 2.02. The number of aromatic nitrogens is 1. The van der Waals surface area contributed by atoms with Crippen LogP contribution >= 0.6 is 0 Å². The Bertz CT molecular complexity index is 809. The summed E-state index contributed by atoms with van der Waals surface area (Å²) >= 11 is 0. The van der Waals surface area contributed by atoms with E-state index in [2.05, 4.69) is 4.98 Å². The van der Waals surface area contributed by atoms with Gasteiger partial charge in [0.1, 0.15) is 11.4 Å². The van der Waals surface area contributed by atoms with Crippen molar-refractivity contribution in [2.45, 2.75) is 6.92 Å². The molecule has 0 radical (unpaired) electrons. The Balaban J connectivity index is 2.16. The van der Waals surface area contributed by atoms with Gasteiger partial charge in [-0.3, -0.25) is 4.98 Å². The van der Waals surface area contributed by atoms with Crippen molar-refractivity contribution in [3.63, 3.8) is 0 Å². The van der Waals surface area contributed by atoms with Crippen molar-refractivity contribution in [1.82, 2.24) is 4.98 Å². The monoisotopic (exact) mass is 302 g/mol. The second-order valence-electron chi connectivity index (χ2n) is 5.22. The largest absolute Gasteiger partial charge is 0.494 e. The zero-order valence-electron chi connectivity index (χ0n) is 13.2. The Hall–Kier alpha value is -2.94. The summed E-state index contributed by atoms with van der Waals surface area (Å²) in [6.07, 6.45) is 1.86. The molecule has 3 aromatic rings. The number of pyridine rings is 1. The number of benzene rings is 2. The molecule has 0 saturated carbocycles. The quantitative estimate of drug-likeness (QED) is 0.662. The van der Waals surface area contributed by atoms with Gasteiger partial charge < -0.3 is 4.74 Å². The van der Waals surface area contributed by atoms with Gasteiger partial charge in [0.25, 0.3) is 0 Å². The lowest BCUT2D eigenvalue weighted by Gasteiger charge is -2.09. The Kier molecular flexibility index (Phi) is 4.48. The van der Waals surface area contributed by atoms with Crippen LogP contribution in [0.25, 0.3) is 0 Å². The van der Waals surface area contributed by atoms with Crippen LogP contribution in [0.1, 0.15) is 16.8 Å². The first-order chi connectivity index (χ1) is 11.3. The van der Waals surface area contributed by atoms with Crippen molar-refractivity contribution >= 4 is 11.4 Å². The van der Waals surface area contributed by atoms with Gasteiger partial charge in [-0.15, -0.1) is 0 Å². The lowest BCUT2D eigenvalue weighted by atomic mass is 10.1. The molecule has 2 aromatic carbocycles. The first-order valence-electron chi connectivity index (χ1n) is 7.48. The second kappa shape index (κ2) is 6.88. The summed E-state index contributed by atoms with van der Waals surface area (Å²) in [7, 11) is 1.65. The Morgan fingerprint density at radius 2 is 1.65 bits per heavy atom. The van der Waals surface area contributed by atoms with Crippen molar-refractivity contribution in [3.8, 4) is 5.75 Å². The zero-order chi connectivity index (χ0) is 16.1. The van der Waals surface area contributed by atoms with Crippen molar-refractivity contribution < 1.29 is 4.74 Å². The normalized spacial score (nSPS) is 11.3. The first kappa shape index (κ1) is 15.0. The fraction of sp³-hybridized carbons (Fsp3) is 0.100. The van der Waals surface area contributed by atoms with Gasteiger partial charge in [0, 0.05) is 11.8 Å². The molecule has 23 heavy (non-hydrogen) atoms. The summed E-state index contributed by atoms with van der Waals surface area (Å²) < 4.78 is 5.41. The predicted molar refractivity (Wildman–Crippen MR) is 93.7 cm³/mol. The smallest absolute Gasteiger partial charge is 0.144 e. The van der Waals surface area contributed by atoms with Gasteiger partial charge in [-0.2, -0.15) is 0 Å². The van der Waals surface area contributed by atoms with Crippen LogP contribution in [0.15, 0.2) is 77.9 Å². The zero-order valence-corrected chi connectivity index (χ0v) is 13.2. The molecule has 0 unspecified atom stereocenters. The first-order valence-corrected chi connectivity index (χ1v) is 7.48. The molecule has 0 atom stereocenters. The van der Waals surface area contributed by atoms with Crippen LogP contribution in [-0.4, -0.2) is 17.8 Å².